The predicted molar refractivity (Wildman–Crippen MR) is 132 cm³/mol. The van der Waals surface area contributed by atoms with Gasteiger partial charge < -0.3 is 20.3 Å². The van der Waals surface area contributed by atoms with E-state index >= 15 is 0 Å². The molecule has 1 fully saturated rings. The van der Waals surface area contributed by atoms with E-state index in [0.717, 1.165) is 25.0 Å². The Bertz CT molecular complexity index is 1170. The highest BCUT2D eigenvalue weighted by Crippen LogP contribution is 2.19. The number of hydrogen-bond acceptors (Lipinski definition) is 7. The fraction of sp³-hybridized carbons (Fsp3) is 0.400. The maximum Gasteiger partial charge on any atom is 0.310 e. The van der Waals surface area contributed by atoms with Gasteiger partial charge in [0.2, 0.25) is 11.8 Å². The minimum atomic E-state index is -0.832. The molecule has 190 valence electrons. The second-order valence-electron chi connectivity index (χ2n) is 8.75. The van der Waals surface area contributed by atoms with Crippen molar-refractivity contribution in [1.29, 1.82) is 0 Å². The zero-order valence-electron chi connectivity index (χ0n) is 20.2. The third kappa shape index (κ3) is 7.49. The van der Waals surface area contributed by atoms with Crippen molar-refractivity contribution in [2.45, 2.75) is 45.3 Å². The van der Waals surface area contributed by atoms with E-state index in [4.69, 9.17) is 4.74 Å². The number of anilines is 2. The summed E-state index contributed by atoms with van der Waals surface area (Å²) in [6.45, 7) is 3.59. The first-order valence-electron chi connectivity index (χ1n) is 12.0. The van der Waals surface area contributed by atoms with E-state index in [2.05, 4.69) is 25.7 Å². The number of rotatable bonds is 9. The first-order valence-corrected chi connectivity index (χ1v) is 12.0. The van der Waals surface area contributed by atoms with Gasteiger partial charge in [0, 0.05) is 31.9 Å². The van der Waals surface area contributed by atoms with Crippen LogP contribution >= 0.6 is 0 Å². The van der Waals surface area contributed by atoms with Gasteiger partial charge in [0.25, 0.3) is 0 Å². The van der Waals surface area contributed by atoms with Crippen LogP contribution < -0.4 is 15.4 Å². The molecule has 0 saturated carbocycles. The molecule has 3 aromatic rings. The number of aromatic nitrogens is 4. The van der Waals surface area contributed by atoms with Gasteiger partial charge >= 0.3 is 6.08 Å². The molecular weight excluding hydrogens is 465 g/mol. The van der Waals surface area contributed by atoms with Crippen LogP contribution in [-0.4, -0.2) is 62.2 Å². The molecule has 0 spiro atoms. The number of benzene rings is 1. The van der Waals surface area contributed by atoms with Gasteiger partial charge in [-0.15, -0.1) is 0 Å². The normalized spacial score (nSPS) is 15.7. The molecule has 0 bridgehead atoms. The molecular formula is C25H30FN7O3. The van der Waals surface area contributed by atoms with Gasteiger partial charge in [-0.25, -0.2) is 4.98 Å². The molecule has 1 aliphatic rings. The number of nitrogens with zero attached hydrogens (tertiary/aromatic N) is 5. The monoisotopic (exact) mass is 495 g/mol. The predicted octanol–water partition coefficient (Wildman–Crippen LogP) is 3.02. The minimum absolute atomic E-state index is 0.0448. The Morgan fingerprint density at radius 1 is 1.19 bits per heavy atom. The average Bonchev–Trinajstić information content (AvgIpc) is 3.14. The molecule has 11 heteroatoms. The zero-order valence-corrected chi connectivity index (χ0v) is 20.2. The number of carbonyl (C=O) groups excluding carboxylic acids is 2. The van der Waals surface area contributed by atoms with Crippen molar-refractivity contribution in [2.24, 2.45) is 0 Å². The van der Waals surface area contributed by atoms with Crippen molar-refractivity contribution in [3.05, 3.63) is 60.6 Å². The molecule has 1 aromatic carbocycles. The fourth-order valence-corrected chi connectivity index (χ4v) is 3.95. The zero-order chi connectivity index (χ0) is 25.3. The SMILES string of the molecule is Cc1ccc(OC2CCCCN(C(=O)Cn3cc(NC(=O)CCNc4ccnc(F)n4)cn3)C2)cc1. The van der Waals surface area contributed by atoms with Crippen LogP contribution in [0.2, 0.25) is 0 Å². The summed E-state index contributed by atoms with van der Waals surface area (Å²) < 4.78 is 20.7. The summed E-state index contributed by atoms with van der Waals surface area (Å²) in [7, 11) is 0. The topological polar surface area (TPSA) is 114 Å². The number of halogens is 1. The van der Waals surface area contributed by atoms with E-state index in [1.165, 1.54) is 28.7 Å². The van der Waals surface area contributed by atoms with Gasteiger partial charge in [-0.05, 0) is 44.4 Å². The molecule has 36 heavy (non-hydrogen) atoms. The lowest BCUT2D eigenvalue weighted by Gasteiger charge is -2.25. The van der Waals surface area contributed by atoms with Crippen LogP contribution in [0.1, 0.15) is 31.2 Å². The molecule has 0 radical (unpaired) electrons. The van der Waals surface area contributed by atoms with Gasteiger partial charge in [-0.3, -0.25) is 14.3 Å². The second kappa shape index (κ2) is 12.1. The van der Waals surface area contributed by atoms with Gasteiger partial charge in [0.1, 0.15) is 24.2 Å². The molecule has 10 nitrogen and oxygen atoms in total. The highest BCUT2D eigenvalue weighted by Gasteiger charge is 2.23. The molecule has 3 heterocycles. The summed E-state index contributed by atoms with van der Waals surface area (Å²) in [6.07, 6.45) is 6.51. The standard InChI is InChI=1S/C25H30FN7O3/c1-18-5-7-20(8-6-18)36-21-4-2-3-13-32(16-21)24(35)17-33-15-19(14-29-33)30-23(34)10-12-27-22-9-11-28-25(26)31-22/h5-9,11,14-15,21H,2-4,10,12-13,16-17H2,1H3,(H,30,34)(H,27,28,31). The van der Waals surface area contributed by atoms with Crippen molar-refractivity contribution in [2.75, 3.05) is 30.3 Å². The first kappa shape index (κ1) is 25.1. The lowest BCUT2D eigenvalue weighted by molar-refractivity contribution is -0.132. The first-order chi connectivity index (χ1) is 17.4. The largest absolute Gasteiger partial charge is 0.489 e. The number of likely N-dealkylation sites (tertiary alicyclic amines) is 1. The van der Waals surface area contributed by atoms with Gasteiger partial charge in [-0.1, -0.05) is 17.7 Å². The molecule has 2 aromatic heterocycles. The van der Waals surface area contributed by atoms with Gasteiger partial charge in [-0.2, -0.15) is 14.5 Å². The highest BCUT2D eigenvalue weighted by atomic mass is 19.1. The van der Waals surface area contributed by atoms with E-state index in [0.29, 0.717) is 24.6 Å². The number of hydrogen-bond donors (Lipinski definition) is 2. The van der Waals surface area contributed by atoms with Gasteiger partial charge in [0.15, 0.2) is 0 Å². The third-order valence-electron chi connectivity index (χ3n) is 5.80. The number of aryl methyl sites for hydroxylation is 1. The summed E-state index contributed by atoms with van der Waals surface area (Å²) in [5.41, 5.74) is 1.67. The van der Waals surface area contributed by atoms with Crippen molar-refractivity contribution in [3.63, 3.8) is 0 Å². The average molecular weight is 496 g/mol. The van der Waals surface area contributed by atoms with Gasteiger partial charge in [0.05, 0.1) is 18.4 Å². The highest BCUT2D eigenvalue weighted by molar-refractivity contribution is 5.90. The van der Waals surface area contributed by atoms with E-state index in [1.807, 2.05) is 36.1 Å². The number of amides is 2. The summed E-state index contributed by atoms with van der Waals surface area (Å²) in [4.78, 5) is 34.0. The number of ether oxygens (including phenoxy) is 1. The van der Waals surface area contributed by atoms with Crippen LogP contribution in [0.3, 0.4) is 0 Å². The van der Waals surface area contributed by atoms with E-state index < -0.39 is 6.08 Å². The summed E-state index contributed by atoms with van der Waals surface area (Å²) in [6, 6.07) is 9.46. The smallest absolute Gasteiger partial charge is 0.310 e. The fourth-order valence-electron chi connectivity index (χ4n) is 3.95. The molecule has 1 atom stereocenters. The molecule has 0 aliphatic carbocycles. The van der Waals surface area contributed by atoms with Crippen LogP contribution in [0.5, 0.6) is 5.75 Å². The van der Waals surface area contributed by atoms with Crippen LogP contribution in [0.25, 0.3) is 0 Å². The Morgan fingerprint density at radius 2 is 2.03 bits per heavy atom. The van der Waals surface area contributed by atoms with Crippen molar-refractivity contribution >= 4 is 23.3 Å². The van der Waals surface area contributed by atoms with Crippen molar-refractivity contribution < 1.29 is 18.7 Å². The lowest BCUT2D eigenvalue weighted by atomic mass is 10.2. The Balaban J connectivity index is 1.23. The number of carbonyl (C=O) groups is 2. The van der Waals surface area contributed by atoms with Crippen molar-refractivity contribution in [1.82, 2.24) is 24.6 Å². The quantitative estimate of drug-likeness (QED) is 0.439. The molecule has 4 rings (SSSR count). The molecule has 1 saturated heterocycles. The summed E-state index contributed by atoms with van der Waals surface area (Å²) in [5.74, 6) is 0.830. The van der Waals surface area contributed by atoms with Crippen LogP contribution in [0.15, 0.2) is 48.9 Å². The van der Waals surface area contributed by atoms with Crippen molar-refractivity contribution in [3.8, 4) is 5.75 Å². The van der Waals surface area contributed by atoms with Crippen LogP contribution in [-0.2, 0) is 16.1 Å². The van der Waals surface area contributed by atoms with Crippen LogP contribution in [0.4, 0.5) is 15.9 Å². The van der Waals surface area contributed by atoms with Crippen LogP contribution in [0, 0.1) is 13.0 Å². The van der Waals surface area contributed by atoms with E-state index in [9.17, 15) is 14.0 Å². The Hall–Kier alpha value is -4.02. The third-order valence-corrected chi connectivity index (χ3v) is 5.80. The Morgan fingerprint density at radius 3 is 2.83 bits per heavy atom. The summed E-state index contributed by atoms with van der Waals surface area (Å²) in [5, 5.41) is 9.82. The molecule has 2 amide bonds. The molecule has 1 aliphatic heterocycles. The molecule has 1 unspecified atom stereocenters. The molecule has 2 N–H and O–H groups in total. The minimum Gasteiger partial charge on any atom is -0.489 e. The maximum absolute atomic E-state index is 13.0. The van der Waals surface area contributed by atoms with E-state index in [1.54, 1.807) is 6.20 Å². The maximum atomic E-state index is 13.0. The second-order valence-corrected chi connectivity index (χ2v) is 8.75. The summed E-state index contributed by atoms with van der Waals surface area (Å²) >= 11 is 0. The Labute approximate surface area is 208 Å². The van der Waals surface area contributed by atoms with E-state index in [-0.39, 0.29) is 37.4 Å². The number of nitrogens with one attached hydrogen (secondary N) is 2. The Kier molecular flexibility index (Phi) is 8.43. The lowest BCUT2D eigenvalue weighted by Crippen LogP contribution is -2.40.